The van der Waals surface area contributed by atoms with Crippen LogP contribution in [-0.4, -0.2) is 26.0 Å². The quantitative estimate of drug-likeness (QED) is 0.216. The number of esters is 1. The topological polar surface area (TPSA) is 35.5 Å². The van der Waals surface area contributed by atoms with Gasteiger partial charge in [0.05, 0.1) is 0 Å². The van der Waals surface area contributed by atoms with Gasteiger partial charge in [-0.1, -0.05) is 101 Å². The van der Waals surface area contributed by atoms with E-state index in [1.54, 1.807) is 0 Å². The lowest BCUT2D eigenvalue weighted by atomic mass is 9.84. The first kappa shape index (κ1) is 28.4. The molecule has 1 saturated carbocycles. The smallest absolute Gasteiger partial charge is 0.334 e. The molecular formula is C32H46O3Si. The molecule has 2 aromatic rings. The molecule has 2 atom stereocenters. The Morgan fingerprint density at radius 3 is 1.94 bits per heavy atom. The van der Waals surface area contributed by atoms with Crippen molar-refractivity contribution in [3.63, 3.8) is 0 Å². The largest absolute Gasteiger partial charge is 0.457 e. The number of allylic oxidation sites excluding steroid dienone is 1. The molecule has 2 unspecified atom stereocenters. The van der Waals surface area contributed by atoms with Crippen LogP contribution in [0.1, 0.15) is 87.0 Å². The Morgan fingerprint density at radius 1 is 0.917 bits per heavy atom. The number of rotatable bonds is 8. The second-order valence-electron chi connectivity index (χ2n) is 12.3. The Bertz CT molecular complexity index is 960. The third kappa shape index (κ3) is 6.98. The van der Waals surface area contributed by atoms with Crippen molar-refractivity contribution in [2.45, 2.75) is 104 Å². The predicted octanol–water partition coefficient (Wildman–Crippen LogP) is 7.19. The number of carbonyl (C=O) groups excluding carboxylic acids is 1. The molecule has 1 aliphatic rings. The molecule has 3 nitrogen and oxygen atoms in total. The lowest BCUT2D eigenvalue weighted by Gasteiger charge is -2.46. The van der Waals surface area contributed by atoms with Crippen molar-refractivity contribution < 1.29 is 14.0 Å². The lowest BCUT2D eigenvalue weighted by molar-refractivity contribution is -0.150. The van der Waals surface area contributed by atoms with E-state index in [1.165, 1.54) is 16.8 Å². The van der Waals surface area contributed by atoms with Gasteiger partial charge in [0.15, 0.2) is 0 Å². The minimum atomic E-state index is -2.55. The molecule has 1 fully saturated rings. The highest BCUT2D eigenvalue weighted by atomic mass is 28.4. The molecule has 0 saturated heterocycles. The fourth-order valence-electron chi connectivity index (χ4n) is 5.53. The van der Waals surface area contributed by atoms with E-state index in [-0.39, 0.29) is 17.1 Å². The van der Waals surface area contributed by atoms with Crippen LogP contribution in [0.5, 0.6) is 0 Å². The molecule has 0 aliphatic heterocycles. The van der Waals surface area contributed by atoms with Crippen LogP contribution in [0, 0.1) is 5.92 Å². The van der Waals surface area contributed by atoms with Crippen LogP contribution in [0.25, 0.3) is 0 Å². The summed E-state index contributed by atoms with van der Waals surface area (Å²) in [5.41, 5.74) is 0.324. The fourth-order valence-corrected chi connectivity index (χ4v) is 10.3. The molecule has 0 heterocycles. The van der Waals surface area contributed by atoms with Crippen molar-refractivity contribution in [3.05, 3.63) is 72.3 Å². The zero-order valence-corrected chi connectivity index (χ0v) is 24.5. The molecule has 0 aromatic heterocycles. The van der Waals surface area contributed by atoms with Crippen molar-refractivity contribution in [3.8, 4) is 0 Å². The van der Waals surface area contributed by atoms with Gasteiger partial charge in [-0.2, -0.15) is 0 Å². The lowest BCUT2D eigenvalue weighted by Crippen LogP contribution is -2.67. The normalized spacial score (nSPS) is 19.7. The first-order chi connectivity index (χ1) is 17.0. The maximum absolute atomic E-state index is 12.6. The summed E-state index contributed by atoms with van der Waals surface area (Å²) >= 11 is 0. The molecule has 1 aliphatic carbocycles. The minimum Gasteiger partial charge on any atom is -0.457 e. The molecule has 0 amide bonds. The SMILES string of the molecule is CCC(=CCC1CCCC(O[Si](c2ccccc2)(c2ccccc2)C(C)(C)C)C1)C(=O)OC(C)(C)C. The number of hydrogen-bond acceptors (Lipinski definition) is 3. The van der Waals surface area contributed by atoms with Gasteiger partial charge >= 0.3 is 5.97 Å². The maximum Gasteiger partial charge on any atom is 0.334 e. The Kier molecular flexibility index (Phi) is 9.40. The van der Waals surface area contributed by atoms with Crippen LogP contribution < -0.4 is 10.4 Å². The van der Waals surface area contributed by atoms with Crippen molar-refractivity contribution in [1.82, 2.24) is 0 Å². The number of hydrogen-bond donors (Lipinski definition) is 0. The summed E-state index contributed by atoms with van der Waals surface area (Å²) in [6.45, 7) is 14.8. The van der Waals surface area contributed by atoms with Gasteiger partial charge in [0.1, 0.15) is 5.60 Å². The molecular weight excluding hydrogens is 460 g/mol. The summed E-state index contributed by atoms with van der Waals surface area (Å²) in [5, 5.41) is 2.65. The number of carbonyl (C=O) groups is 1. The van der Waals surface area contributed by atoms with Crippen LogP contribution in [0.15, 0.2) is 72.3 Å². The standard InChI is InChI=1S/C32H46O3Si/c1-8-26(30(33)34-31(2,3)4)23-22-25-16-15-17-27(24-25)35-36(32(5,6)7,28-18-11-9-12-19-28)29-20-13-10-14-21-29/h9-14,18-21,23,25,27H,8,15-17,22,24H2,1-7H3. The summed E-state index contributed by atoms with van der Waals surface area (Å²) in [6, 6.07) is 21.8. The first-order valence-electron chi connectivity index (χ1n) is 13.7. The second-order valence-corrected chi connectivity index (χ2v) is 16.5. The van der Waals surface area contributed by atoms with Crippen LogP contribution in [-0.2, 0) is 14.0 Å². The van der Waals surface area contributed by atoms with Crippen molar-refractivity contribution in [1.29, 1.82) is 0 Å². The van der Waals surface area contributed by atoms with E-state index in [2.05, 4.69) is 87.5 Å². The summed E-state index contributed by atoms with van der Waals surface area (Å²) in [6.07, 6.45) is 8.42. The third-order valence-electron chi connectivity index (χ3n) is 7.23. The van der Waals surface area contributed by atoms with Gasteiger partial charge in [-0.05, 0) is 74.2 Å². The molecule has 0 N–H and O–H groups in total. The van der Waals surface area contributed by atoms with E-state index in [1.807, 2.05) is 27.7 Å². The van der Waals surface area contributed by atoms with Gasteiger partial charge in [-0.25, -0.2) is 4.79 Å². The van der Waals surface area contributed by atoms with Gasteiger partial charge in [0, 0.05) is 11.7 Å². The zero-order chi connectivity index (χ0) is 26.4. The summed E-state index contributed by atoms with van der Waals surface area (Å²) < 4.78 is 13.0. The van der Waals surface area contributed by atoms with Crippen molar-refractivity contribution in [2.24, 2.45) is 5.92 Å². The summed E-state index contributed by atoms with van der Waals surface area (Å²) in [7, 11) is -2.55. The first-order valence-corrected chi connectivity index (χ1v) is 15.6. The van der Waals surface area contributed by atoms with Crippen LogP contribution in [0.3, 0.4) is 0 Å². The predicted molar refractivity (Wildman–Crippen MR) is 153 cm³/mol. The van der Waals surface area contributed by atoms with Gasteiger partial charge in [-0.3, -0.25) is 0 Å². The van der Waals surface area contributed by atoms with Gasteiger partial charge in [0.2, 0.25) is 0 Å². The van der Waals surface area contributed by atoms with Crippen molar-refractivity contribution >= 4 is 24.7 Å². The Labute approximate surface area is 220 Å². The summed E-state index contributed by atoms with van der Waals surface area (Å²) in [5.74, 6) is 0.340. The van der Waals surface area contributed by atoms with E-state index in [9.17, 15) is 4.79 Å². The molecule has 2 aromatic carbocycles. The Hall–Kier alpha value is -2.17. The molecule has 0 radical (unpaired) electrons. The van der Waals surface area contributed by atoms with Crippen LogP contribution >= 0.6 is 0 Å². The number of ether oxygens (including phenoxy) is 1. The molecule has 0 bridgehead atoms. The minimum absolute atomic E-state index is 0.0192. The van der Waals surface area contributed by atoms with Crippen molar-refractivity contribution in [2.75, 3.05) is 0 Å². The molecule has 0 spiro atoms. The fraction of sp³-hybridized carbons (Fsp3) is 0.531. The van der Waals surface area contributed by atoms with Gasteiger partial charge < -0.3 is 9.16 Å². The van der Waals surface area contributed by atoms with Crippen LogP contribution in [0.4, 0.5) is 0 Å². The second kappa shape index (κ2) is 11.9. The third-order valence-corrected chi connectivity index (χ3v) is 12.3. The van der Waals surface area contributed by atoms with E-state index >= 15 is 0 Å². The molecule has 3 rings (SSSR count). The monoisotopic (exact) mass is 506 g/mol. The summed E-state index contributed by atoms with van der Waals surface area (Å²) in [4.78, 5) is 12.6. The van der Waals surface area contributed by atoms with E-state index in [0.29, 0.717) is 12.3 Å². The van der Waals surface area contributed by atoms with E-state index in [4.69, 9.17) is 9.16 Å². The number of benzene rings is 2. The maximum atomic E-state index is 12.6. The highest BCUT2D eigenvalue weighted by Crippen LogP contribution is 2.40. The zero-order valence-electron chi connectivity index (χ0n) is 23.5. The average molecular weight is 507 g/mol. The Morgan fingerprint density at radius 2 is 1.47 bits per heavy atom. The average Bonchev–Trinajstić information content (AvgIpc) is 2.82. The molecule has 36 heavy (non-hydrogen) atoms. The van der Waals surface area contributed by atoms with Gasteiger partial charge in [0.25, 0.3) is 8.32 Å². The highest BCUT2D eigenvalue weighted by molar-refractivity contribution is 6.99. The molecule has 196 valence electrons. The van der Waals surface area contributed by atoms with Crippen LogP contribution in [0.2, 0.25) is 5.04 Å². The van der Waals surface area contributed by atoms with E-state index < -0.39 is 13.9 Å². The van der Waals surface area contributed by atoms with E-state index in [0.717, 1.165) is 31.3 Å². The van der Waals surface area contributed by atoms with Gasteiger partial charge in [-0.15, -0.1) is 0 Å². The highest BCUT2D eigenvalue weighted by Gasteiger charge is 2.51. The molecule has 4 heteroatoms. The Balaban J connectivity index is 1.85.